The molecule has 1 amide bonds. The standard InChI is InChI=1S/C16H26N4O2/c1-12-11-13(2)18-14(17-12)19-7-6-8-20(10-9-19)15(21)22-16(3,4)5/h11H,6-10H2,1-5H3. The number of hydrogen-bond acceptors (Lipinski definition) is 5. The molecule has 2 rings (SSSR count). The number of nitrogens with zero attached hydrogens (tertiary/aromatic N) is 4. The molecule has 0 bridgehead atoms. The Morgan fingerprint density at radius 2 is 1.73 bits per heavy atom. The summed E-state index contributed by atoms with van der Waals surface area (Å²) in [5.74, 6) is 0.753. The molecule has 0 aromatic carbocycles. The second kappa shape index (κ2) is 6.50. The molecule has 122 valence electrons. The van der Waals surface area contributed by atoms with E-state index in [1.165, 1.54) is 0 Å². The number of aryl methyl sites for hydroxylation is 2. The predicted octanol–water partition coefficient (Wildman–Crippen LogP) is 2.54. The second-order valence-corrected chi connectivity index (χ2v) is 6.76. The quantitative estimate of drug-likeness (QED) is 0.798. The highest BCUT2D eigenvalue weighted by atomic mass is 16.6. The van der Waals surface area contributed by atoms with Crippen LogP contribution in [0.4, 0.5) is 10.7 Å². The molecule has 2 heterocycles. The summed E-state index contributed by atoms with van der Waals surface area (Å²) in [7, 11) is 0. The van der Waals surface area contributed by atoms with Crippen molar-refractivity contribution in [1.82, 2.24) is 14.9 Å². The molecule has 6 nitrogen and oxygen atoms in total. The van der Waals surface area contributed by atoms with E-state index in [2.05, 4.69) is 14.9 Å². The van der Waals surface area contributed by atoms with Gasteiger partial charge in [0.15, 0.2) is 0 Å². The molecule has 1 aromatic heterocycles. The Labute approximate surface area is 132 Å². The Morgan fingerprint density at radius 1 is 1.09 bits per heavy atom. The van der Waals surface area contributed by atoms with Crippen molar-refractivity contribution in [3.8, 4) is 0 Å². The van der Waals surface area contributed by atoms with Crippen LogP contribution in [0.25, 0.3) is 0 Å². The van der Waals surface area contributed by atoms with E-state index < -0.39 is 5.60 Å². The number of hydrogen-bond donors (Lipinski definition) is 0. The van der Waals surface area contributed by atoms with E-state index in [1.807, 2.05) is 40.7 Å². The third kappa shape index (κ3) is 4.58. The van der Waals surface area contributed by atoms with Crippen molar-refractivity contribution in [2.75, 3.05) is 31.1 Å². The van der Waals surface area contributed by atoms with Crippen LogP contribution < -0.4 is 4.90 Å². The van der Waals surface area contributed by atoms with Gasteiger partial charge in [0.2, 0.25) is 5.95 Å². The number of rotatable bonds is 1. The molecular formula is C16H26N4O2. The first-order valence-electron chi connectivity index (χ1n) is 7.80. The summed E-state index contributed by atoms with van der Waals surface area (Å²) in [4.78, 5) is 25.1. The molecule has 0 unspecified atom stereocenters. The van der Waals surface area contributed by atoms with Gasteiger partial charge in [-0.25, -0.2) is 14.8 Å². The summed E-state index contributed by atoms with van der Waals surface area (Å²) in [6.07, 6.45) is 0.644. The molecule has 22 heavy (non-hydrogen) atoms. The molecule has 0 aliphatic carbocycles. The normalized spacial score (nSPS) is 16.4. The number of carbonyl (C=O) groups is 1. The van der Waals surface area contributed by atoms with Gasteiger partial charge >= 0.3 is 6.09 Å². The smallest absolute Gasteiger partial charge is 0.410 e. The van der Waals surface area contributed by atoms with Gasteiger partial charge in [0.25, 0.3) is 0 Å². The minimum Gasteiger partial charge on any atom is -0.444 e. The molecule has 1 aromatic rings. The average Bonchev–Trinajstić information content (AvgIpc) is 2.61. The number of anilines is 1. The van der Waals surface area contributed by atoms with E-state index in [-0.39, 0.29) is 6.09 Å². The highest BCUT2D eigenvalue weighted by Crippen LogP contribution is 2.15. The summed E-state index contributed by atoms with van der Waals surface area (Å²) in [6, 6.07) is 1.97. The largest absolute Gasteiger partial charge is 0.444 e. The summed E-state index contributed by atoms with van der Waals surface area (Å²) < 4.78 is 5.45. The minimum atomic E-state index is -0.458. The Balaban J connectivity index is 2.02. The molecule has 0 spiro atoms. The maximum atomic E-state index is 12.2. The van der Waals surface area contributed by atoms with E-state index in [9.17, 15) is 4.79 Å². The van der Waals surface area contributed by atoms with Crippen molar-refractivity contribution in [2.24, 2.45) is 0 Å². The summed E-state index contributed by atoms with van der Waals surface area (Å²) in [6.45, 7) is 12.5. The zero-order valence-electron chi connectivity index (χ0n) is 14.2. The lowest BCUT2D eigenvalue weighted by molar-refractivity contribution is 0.0263. The molecular weight excluding hydrogens is 280 g/mol. The van der Waals surface area contributed by atoms with Crippen molar-refractivity contribution < 1.29 is 9.53 Å². The number of amides is 1. The van der Waals surface area contributed by atoms with Crippen LogP contribution in [0.1, 0.15) is 38.6 Å². The fourth-order valence-electron chi connectivity index (χ4n) is 2.48. The first-order chi connectivity index (χ1) is 10.2. The van der Waals surface area contributed by atoms with Gasteiger partial charge in [-0.3, -0.25) is 0 Å². The van der Waals surface area contributed by atoms with Crippen LogP contribution in [-0.2, 0) is 4.74 Å². The topological polar surface area (TPSA) is 58.6 Å². The molecule has 0 atom stereocenters. The van der Waals surface area contributed by atoms with Gasteiger partial charge in [-0.15, -0.1) is 0 Å². The van der Waals surface area contributed by atoms with Gasteiger partial charge in [0.05, 0.1) is 0 Å². The number of carbonyl (C=O) groups excluding carboxylic acids is 1. The summed E-state index contributed by atoms with van der Waals surface area (Å²) in [5, 5.41) is 0. The van der Waals surface area contributed by atoms with Crippen molar-refractivity contribution in [2.45, 2.75) is 46.6 Å². The Kier molecular flexibility index (Phi) is 4.88. The predicted molar refractivity (Wildman–Crippen MR) is 86.1 cm³/mol. The van der Waals surface area contributed by atoms with Crippen molar-refractivity contribution in [3.05, 3.63) is 17.5 Å². The Bertz CT molecular complexity index is 519. The lowest BCUT2D eigenvalue weighted by atomic mass is 10.2. The van der Waals surface area contributed by atoms with Crippen LogP contribution in [0, 0.1) is 13.8 Å². The molecule has 0 N–H and O–H groups in total. The van der Waals surface area contributed by atoms with Crippen LogP contribution >= 0.6 is 0 Å². The van der Waals surface area contributed by atoms with Gasteiger partial charge in [-0.1, -0.05) is 0 Å². The van der Waals surface area contributed by atoms with Gasteiger partial charge in [-0.05, 0) is 47.1 Å². The SMILES string of the molecule is Cc1cc(C)nc(N2CCCN(C(=O)OC(C)(C)C)CC2)n1. The molecule has 0 radical (unpaired) electrons. The van der Waals surface area contributed by atoms with Gasteiger partial charge in [0, 0.05) is 37.6 Å². The minimum absolute atomic E-state index is 0.240. The first kappa shape index (κ1) is 16.5. The number of aromatic nitrogens is 2. The van der Waals surface area contributed by atoms with Crippen LogP contribution in [0.15, 0.2) is 6.07 Å². The van der Waals surface area contributed by atoms with Gasteiger partial charge < -0.3 is 14.5 Å². The maximum Gasteiger partial charge on any atom is 0.410 e. The molecule has 0 saturated carbocycles. The monoisotopic (exact) mass is 306 g/mol. The average molecular weight is 306 g/mol. The maximum absolute atomic E-state index is 12.2. The lowest BCUT2D eigenvalue weighted by Gasteiger charge is -2.26. The first-order valence-corrected chi connectivity index (χ1v) is 7.80. The van der Waals surface area contributed by atoms with Crippen LogP contribution in [0.5, 0.6) is 0 Å². The van der Waals surface area contributed by atoms with E-state index in [0.717, 1.165) is 36.8 Å². The fourth-order valence-corrected chi connectivity index (χ4v) is 2.48. The highest BCUT2D eigenvalue weighted by molar-refractivity contribution is 5.68. The molecule has 1 fully saturated rings. The Hall–Kier alpha value is -1.85. The van der Waals surface area contributed by atoms with E-state index in [1.54, 1.807) is 4.90 Å². The zero-order valence-corrected chi connectivity index (χ0v) is 14.2. The zero-order chi connectivity index (χ0) is 16.3. The summed E-state index contributed by atoms with van der Waals surface area (Å²) >= 11 is 0. The van der Waals surface area contributed by atoms with Crippen LogP contribution in [-0.4, -0.2) is 52.7 Å². The third-order valence-corrected chi connectivity index (χ3v) is 3.40. The lowest BCUT2D eigenvalue weighted by Crippen LogP contribution is -2.39. The van der Waals surface area contributed by atoms with E-state index >= 15 is 0 Å². The van der Waals surface area contributed by atoms with Crippen LogP contribution in [0.2, 0.25) is 0 Å². The van der Waals surface area contributed by atoms with Gasteiger partial charge in [0.1, 0.15) is 5.60 Å². The number of ether oxygens (including phenoxy) is 1. The molecule has 1 aliphatic rings. The third-order valence-electron chi connectivity index (χ3n) is 3.40. The molecule has 1 saturated heterocycles. The highest BCUT2D eigenvalue weighted by Gasteiger charge is 2.25. The van der Waals surface area contributed by atoms with E-state index in [0.29, 0.717) is 13.1 Å². The van der Waals surface area contributed by atoms with Crippen molar-refractivity contribution in [1.29, 1.82) is 0 Å². The summed E-state index contributed by atoms with van der Waals surface area (Å²) in [5.41, 5.74) is 1.48. The fraction of sp³-hybridized carbons (Fsp3) is 0.688. The van der Waals surface area contributed by atoms with E-state index in [4.69, 9.17) is 4.74 Å². The molecule has 1 aliphatic heterocycles. The van der Waals surface area contributed by atoms with Crippen molar-refractivity contribution in [3.63, 3.8) is 0 Å². The molecule has 6 heteroatoms. The van der Waals surface area contributed by atoms with Crippen LogP contribution in [0.3, 0.4) is 0 Å². The second-order valence-electron chi connectivity index (χ2n) is 6.76. The van der Waals surface area contributed by atoms with Crippen molar-refractivity contribution >= 4 is 12.0 Å². The van der Waals surface area contributed by atoms with Gasteiger partial charge in [-0.2, -0.15) is 0 Å². The Morgan fingerprint density at radius 3 is 2.32 bits per heavy atom.